The van der Waals surface area contributed by atoms with Gasteiger partial charge in [0.25, 0.3) is 5.91 Å². The van der Waals surface area contributed by atoms with E-state index in [4.69, 9.17) is 4.74 Å². The molecule has 132 valence electrons. The van der Waals surface area contributed by atoms with E-state index in [1.54, 1.807) is 17.8 Å². The lowest BCUT2D eigenvalue weighted by molar-refractivity contribution is -0.111. The number of allylic oxidation sites excluding steroid dienone is 1. The van der Waals surface area contributed by atoms with E-state index in [0.717, 1.165) is 11.1 Å². The SMILES string of the molecule is CSc1ccc(C2=C/C(=C3\C(=O)Nc4cc(F)ccc43)OC2(C)C)cc1. The highest BCUT2D eigenvalue weighted by Crippen LogP contribution is 2.44. The first-order valence-electron chi connectivity index (χ1n) is 8.30. The van der Waals surface area contributed by atoms with Crippen LogP contribution in [0.1, 0.15) is 25.0 Å². The second-order valence-electron chi connectivity index (χ2n) is 6.78. The van der Waals surface area contributed by atoms with E-state index in [1.807, 2.05) is 26.2 Å². The smallest absolute Gasteiger partial charge is 0.260 e. The van der Waals surface area contributed by atoms with Crippen LogP contribution in [0.25, 0.3) is 11.1 Å². The molecule has 1 N–H and O–H groups in total. The number of rotatable bonds is 2. The minimum Gasteiger partial charge on any atom is -0.482 e. The van der Waals surface area contributed by atoms with Crippen molar-refractivity contribution in [2.24, 2.45) is 0 Å². The molecule has 2 heterocycles. The second kappa shape index (κ2) is 6.02. The van der Waals surface area contributed by atoms with Crippen LogP contribution in [0.2, 0.25) is 0 Å². The maximum atomic E-state index is 13.4. The first-order chi connectivity index (χ1) is 12.4. The molecule has 2 aromatic carbocycles. The molecule has 4 rings (SSSR count). The average Bonchev–Trinajstić information content (AvgIpc) is 3.09. The topological polar surface area (TPSA) is 38.3 Å². The summed E-state index contributed by atoms with van der Waals surface area (Å²) in [5, 5.41) is 2.71. The van der Waals surface area contributed by atoms with Crippen molar-refractivity contribution in [1.82, 2.24) is 0 Å². The Bertz CT molecular complexity index is 974. The van der Waals surface area contributed by atoms with Gasteiger partial charge >= 0.3 is 0 Å². The Balaban J connectivity index is 1.82. The van der Waals surface area contributed by atoms with Crippen molar-refractivity contribution in [1.29, 1.82) is 0 Å². The normalized spacial score (nSPS) is 20.5. The Morgan fingerprint density at radius 3 is 2.54 bits per heavy atom. The molecule has 1 amide bonds. The van der Waals surface area contributed by atoms with Crippen LogP contribution in [0.5, 0.6) is 0 Å². The molecule has 0 saturated heterocycles. The zero-order chi connectivity index (χ0) is 18.5. The lowest BCUT2D eigenvalue weighted by Crippen LogP contribution is -2.21. The number of ether oxygens (including phenoxy) is 1. The van der Waals surface area contributed by atoms with E-state index >= 15 is 0 Å². The Morgan fingerprint density at radius 1 is 1.12 bits per heavy atom. The van der Waals surface area contributed by atoms with Gasteiger partial charge in [-0.3, -0.25) is 4.79 Å². The van der Waals surface area contributed by atoms with Crippen molar-refractivity contribution >= 4 is 34.5 Å². The number of nitrogens with one attached hydrogen (secondary N) is 1. The number of amides is 1. The van der Waals surface area contributed by atoms with Gasteiger partial charge in [-0.2, -0.15) is 0 Å². The third-order valence-corrected chi connectivity index (χ3v) is 5.41. The summed E-state index contributed by atoms with van der Waals surface area (Å²) in [7, 11) is 0. The number of hydrogen-bond donors (Lipinski definition) is 1. The molecule has 0 spiro atoms. The van der Waals surface area contributed by atoms with Gasteiger partial charge in [-0.05, 0) is 62.1 Å². The lowest BCUT2D eigenvalue weighted by atomic mass is 9.92. The minimum absolute atomic E-state index is 0.272. The van der Waals surface area contributed by atoms with Gasteiger partial charge < -0.3 is 10.1 Å². The molecular weight excluding hydrogens is 349 g/mol. The van der Waals surface area contributed by atoms with Crippen molar-refractivity contribution < 1.29 is 13.9 Å². The Labute approximate surface area is 155 Å². The maximum Gasteiger partial charge on any atom is 0.260 e. The third-order valence-electron chi connectivity index (χ3n) is 4.66. The molecule has 3 nitrogen and oxygen atoms in total. The first-order valence-corrected chi connectivity index (χ1v) is 9.53. The highest BCUT2D eigenvalue weighted by molar-refractivity contribution is 7.98. The Kier molecular flexibility index (Phi) is 3.92. The van der Waals surface area contributed by atoms with E-state index in [9.17, 15) is 9.18 Å². The molecule has 0 unspecified atom stereocenters. The van der Waals surface area contributed by atoms with Crippen LogP contribution in [-0.4, -0.2) is 17.8 Å². The summed E-state index contributed by atoms with van der Waals surface area (Å²) in [5.41, 5.74) is 3.09. The monoisotopic (exact) mass is 367 g/mol. The van der Waals surface area contributed by atoms with Gasteiger partial charge in [0.2, 0.25) is 0 Å². The molecule has 5 heteroatoms. The van der Waals surface area contributed by atoms with Gasteiger partial charge in [-0.1, -0.05) is 12.1 Å². The van der Waals surface area contributed by atoms with Gasteiger partial charge in [0.1, 0.15) is 17.2 Å². The summed E-state index contributed by atoms with van der Waals surface area (Å²) in [5.74, 6) is -0.137. The van der Waals surface area contributed by atoms with Crippen LogP contribution >= 0.6 is 11.8 Å². The summed E-state index contributed by atoms with van der Waals surface area (Å²) in [6, 6.07) is 12.6. The molecule has 0 atom stereocenters. The molecule has 2 aliphatic heterocycles. The number of carbonyl (C=O) groups excluding carboxylic acids is 1. The molecule has 0 bridgehead atoms. The molecule has 0 aliphatic carbocycles. The van der Waals surface area contributed by atoms with Crippen LogP contribution in [0.3, 0.4) is 0 Å². The van der Waals surface area contributed by atoms with Crippen LogP contribution in [0.4, 0.5) is 10.1 Å². The maximum absolute atomic E-state index is 13.4. The van der Waals surface area contributed by atoms with Crippen molar-refractivity contribution in [2.75, 3.05) is 11.6 Å². The quantitative estimate of drug-likeness (QED) is 0.593. The van der Waals surface area contributed by atoms with Crippen LogP contribution in [-0.2, 0) is 9.53 Å². The van der Waals surface area contributed by atoms with E-state index in [0.29, 0.717) is 22.6 Å². The van der Waals surface area contributed by atoms with Gasteiger partial charge in [-0.25, -0.2) is 4.39 Å². The molecule has 0 saturated carbocycles. The van der Waals surface area contributed by atoms with E-state index in [1.165, 1.54) is 17.0 Å². The highest BCUT2D eigenvalue weighted by atomic mass is 32.2. The molecule has 0 fully saturated rings. The summed E-state index contributed by atoms with van der Waals surface area (Å²) in [4.78, 5) is 13.7. The fourth-order valence-electron chi connectivity index (χ4n) is 3.38. The highest BCUT2D eigenvalue weighted by Gasteiger charge is 2.37. The predicted molar refractivity (Wildman–Crippen MR) is 103 cm³/mol. The molecular formula is C21H18FNO2S. The second-order valence-corrected chi connectivity index (χ2v) is 7.66. The van der Waals surface area contributed by atoms with Crippen molar-refractivity contribution in [2.45, 2.75) is 24.3 Å². The van der Waals surface area contributed by atoms with E-state index < -0.39 is 5.60 Å². The molecule has 0 radical (unpaired) electrons. The zero-order valence-corrected chi connectivity index (χ0v) is 15.5. The average molecular weight is 367 g/mol. The molecule has 0 aromatic heterocycles. The van der Waals surface area contributed by atoms with Crippen LogP contribution in [0, 0.1) is 5.82 Å². The van der Waals surface area contributed by atoms with E-state index in [2.05, 4.69) is 29.6 Å². The fraction of sp³-hybridized carbons (Fsp3) is 0.190. The number of benzene rings is 2. The van der Waals surface area contributed by atoms with Crippen molar-refractivity contribution in [3.8, 4) is 0 Å². The summed E-state index contributed by atoms with van der Waals surface area (Å²) in [6.45, 7) is 3.96. The lowest BCUT2D eigenvalue weighted by Gasteiger charge is -2.23. The number of thioether (sulfide) groups is 1. The third kappa shape index (κ3) is 2.72. The fourth-order valence-corrected chi connectivity index (χ4v) is 3.79. The number of carbonyl (C=O) groups is 1. The number of fused-ring (bicyclic) bond motifs is 1. The largest absolute Gasteiger partial charge is 0.482 e. The van der Waals surface area contributed by atoms with Crippen molar-refractivity contribution in [3.05, 3.63) is 71.2 Å². The van der Waals surface area contributed by atoms with Gasteiger partial charge in [0, 0.05) is 16.0 Å². The first kappa shape index (κ1) is 16.9. The predicted octanol–water partition coefficient (Wildman–Crippen LogP) is 5.10. The van der Waals surface area contributed by atoms with Crippen molar-refractivity contribution in [3.63, 3.8) is 0 Å². The number of halogens is 1. The number of anilines is 1. The Hall–Kier alpha value is -2.53. The Morgan fingerprint density at radius 2 is 1.85 bits per heavy atom. The van der Waals surface area contributed by atoms with Crippen LogP contribution < -0.4 is 5.32 Å². The molecule has 2 aliphatic rings. The van der Waals surface area contributed by atoms with Gasteiger partial charge in [-0.15, -0.1) is 11.8 Å². The van der Waals surface area contributed by atoms with Gasteiger partial charge in [0.05, 0.1) is 11.3 Å². The zero-order valence-electron chi connectivity index (χ0n) is 14.7. The minimum atomic E-state index is -0.563. The molecule has 2 aromatic rings. The summed E-state index contributed by atoms with van der Waals surface area (Å²) < 4.78 is 19.6. The molecule has 26 heavy (non-hydrogen) atoms. The van der Waals surface area contributed by atoms with Crippen LogP contribution in [0.15, 0.2) is 59.2 Å². The standard InChI is InChI=1S/C21H18FNO2S/c1-21(2)16(12-4-7-14(26-3)8-5-12)11-18(25-21)19-15-9-6-13(22)10-17(15)23-20(19)24/h4-11H,1-3H3,(H,23,24)/b19-18+. The van der Waals surface area contributed by atoms with Gasteiger partial charge in [0.15, 0.2) is 0 Å². The summed E-state index contributed by atoms with van der Waals surface area (Å²) in [6.07, 6.45) is 3.96. The number of hydrogen-bond acceptors (Lipinski definition) is 3. The van der Waals surface area contributed by atoms with E-state index in [-0.39, 0.29) is 11.7 Å². The summed E-state index contributed by atoms with van der Waals surface area (Å²) >= 11 is 1.69.